The molecule has 94 valence electrons. The fourth-order valence-electron chi connectivity index (χ4n) is 2.29. The van der Waals surface area contributed by atoms with Crippen LogP contribution in [0.1, 0.15) is 25.5 Å². The van der Waals surface area contributed by atoms with Gasteiger partial charge < -0.3 is 5.32 Å². The number of hydrogen-bond acceptors (Lipinski definition) is 3. The van der Waals surface area contributed by atoms with Crippen molar-refractivity contribution in [3.05, 3.63) is 29.0 Å². The van der Waals surface area contributed by atoms with E-state index in [0.29, 0.717) is 6.04 Å². The van der Waals surface area contributed by atoms with E-state index >= 15 is 0 Å². The van der Waals surface area contributed by atoms with Crippen LogP contribution in [0.5, 0.6) is 0 Å². The van der Waals surface area contributed by atoms with Crippen LogP contribution in [0, 0.1) is 0 Å². The van der Waals surface area contributed by atoms with Crippen LogP contribution in [-0.4, -0.2) is 35.6 Å². The molecule has 17 heavy (non-hydrogen) atoms. The van der Waals surface area contributed by atoms with Gasteiger partial charge in [-0.05, 0) is 38.1 Å². The molecule has 0 bridgehead atoms. The number of hydrogen-bond donors (Lipinski definition) is 1. The standard InChI is InChI=1S/C13H20ClN3/c1-2-17(9-12-4-3-6-15-12)10-13-8-11(14)5-7-16-13/h5,7-8,12,15H,2-4,6,9-10H2,1H3. The van der Waals surface area contributed by atoms with Gasteiger partial charge in [0.2, 0.25) is 0 Å². The predicted octanol–water partition coefficient (Wildman–Crippen LogP) is 2.31. The minimum atomic E-state index is 0.647. The lowest BCUT2D eigenvalue weighted by molar-refractivity contribution is 0.251. The number of rotatable bonds is 5. The highest BCUT2D eigenvalue weighted by Gasteiger charge is 2.17. The first-order valence-electron chi connectivity index (χ1n) is 6.34. The lowest BCUT2D eigenvalue weighted by Gasteiger charge is -2.23. The van der Waals surface area contributed by atoms with E-state index in [0.717, 1.165) is 36.9 Å². The zero-order valence-electron chi connectivity index (χ0n) is 10.3. The highest BCUT2D eigenvalue weighted by molar-refractivity contribution is 6.30. The van der Waals surface area contributed by atoms with Crippen LogP contribution >= 0.6 is 11.6 Å². The van der Waals surface area contributed by atoms with E-state index < -0.39 is 0 Å². The lowest BCUT2D eigenvalue weighted by Crippen LogP contribution is -2.37. The fraction of sp³-hybridized carbons (Fsp3) is 0.615. The van der Waals surface area contributed by atoms with Crippen LogP contribution in [0.2, 0.25) is 5.02 Å². The monoisotopic (exact) mass is 253 g/mol. The van der Waals surface area contributed by atoms with Crippen LogP contribution in [0.15, 0.2) is 18.3 Å². The molecular weight excluding hydrogens is 234 g/mol. The molecule has 1 aromatic rings. The van der Waals surface area contributed by atoms with Crippen molar-refractivity contribution in [1.82, 2.24) is 15.2 Å². The van der Waals surface area contributed by atoms with E-state index in [-0.39, 0.29) is 0 Å². The van der Waals surface area contributed by atoms with Gasteiger partial charge in [0.15, 0.2) is 0 Å². The molecule has 1 aliphatic rings. The molecule has 1 aromatic heterocycles. The number of aromatic nitrogens is 1. The lowest BCUT2D eigenvalue weighted by atomic mass is 10.2. The molecule has 1 saturated heterocycles. The van der Waals surface area contributed by atoms with E-state index in [1.54, 1.807) is 6.20 Å². The summed E-state index contributed by atoms with van der Waals surface area (Å²) in [6, 6.07) is 4.42. The molecule has 0 aliphatic carbocycles. The van der Waals surface area contributed by atoms with Crippen LogP contribution in [0.3, 0.4) is 0 Å². The molecule has 1 unspecified atom stereocenters. The zero-order chi connectivity index (χ0) is 12.1. The molecule has 4 heteroatoms. The average molecular weight is 254 g/mol. The van der Waals surface area contributed by atoms with Crippen molar-refractivity contribution in [2.75, 3.05) is 19.6 Å². The predicted molar refractivity (Wildman–Crippen MR) is 71.2 cm³/mol. The maximum absolute atomic E-state index is 5.97. The summed E-state index contributed by atoms with van der Waals surface area (Å²) in [5, 5.41) is 4.30. The highest BCUT2D eigenvalue weighted by Crippen LogP contribution is 2.12. The first-order chi connectivity index (χ1) is 8.28. The number of likely N-dealkylation sites (N-methyl/N-ethyl adjacent to an activating group) is 1. The SMILES string of the molecule is CCN(Cc1cc(Cl)ccn1)CC1CCCN1. The topological polar surface area (TPSA) is 28.2 Å². The van der Waals surface area contributed by atoms with E-state index in [9.17, 15) is 0 Å². The summed E-state index contributed by atoms with van der Waals surface area (Å²) in [5.74, 6) is 0. The van der Waals surface area contributed by atoms with Gasteiger partial charge in [-0.1, -0.05) is 18.5 Å². The molecule has 3 nitrogen and oxygen atoms in total. The van der Waals surface area contributed by atoms with Crippen LogP contribution in [-0.2, 0) is 6.54 Å². The summed E-state index contributed by atoms with van der Waals surface area (Å²) in [6.45, 7) is 6.39. The summed E-state index contributed by atoms with van der Waals surface area (Å²) in [7, 11) is 0. The molecule has 0 saturated carbocycles. The number of nitrogens with zero attached hydrogens (tertiary/aromatic N) is 2. The van der Waals surface area contributed by atoms with Gasteiger partial charge in [-0.3, -0.25) is 9.88 Å². The molecule has 1 atom stereocenters. The molecule has 1 N–H and O–H groups in total. The van der Waals surface area contributed by atoms with Gasteiger partial charge in [0.1, 0.15) is 0 Å². The van der Waals surface area contributed by atoms with Gasteiger partial charge >= 0.3 is 0 Å². The maximum atomic E-state index is 5.97. The van der Waals surface area contributed by atoms with Crippen LogP contribution in [0.25, 0.3) is 0 Å². The second-order valence-electron chi connectivity index (χ2n) is 4.59. The molecule has 2 heterocycles. The fourth-order valence-corrected chi connectivity index (χ4v) is 2.48. The Kier molecular flexibility index (Phi) is 4.77. The number of nitrogens with one attached hydrogen (secondary N) is 1. The van der Waals surface area contributed by atoms with Crippen molar-refractivity contribution in [1.29, 1.82) is 0 Å². The molecule has 1 fully saturated rings. The number of pyridine rings is 1. The van der Waals surface area contributed by atoms with Gasteiger partial charge in [0.05, 0.1) is 5.69 Å². The quantitative estimate of drug-likeness (QED) is 0.873. The average Bonchev–Trinajstić information content (AvgIpc) is 2.81. The Labute approximate surface area is 108 Å². The molecular formula is C13H20ClN3. The number of halogens is 1. The molecule has 1 aliphatic heterocycles. The van der Waals surface area contributed by atoms with Crippen molar-refractivity contribution in [2.24, 2.45) is 0 Å². The van der Waals surface area contributed by atoms with E-state index in [4.69, 9.17) is 11.6 Å². The minimum Gasteiger partial charge on any atom is -0.313 e. The smallest absolute Gasteiger partial charge is 0.0558 e. The Balaban J connectivity index is 1.90. The summed E-state index contributed by atoms with van der Waals surface area (Å²) >= 11 is 5.97. The third-order valence-electron chi connectivity index (χ3n) is 3.25. The van der Waals surface area contributed by atoms with E-state index in [1.807, 2.05) is 12.1 Å². The Bertz CT molecular complexity index is 350. The normalized spacial score (nSPS) is 20.1. The Morgan fingerprint density at radius 2 is 2.47 bits per heavy atom. The van der Waals surface area contributed by atoms with Gasteiger partial charge in [0.25, 0.3) is 0 Å². The van der Waals surface area contributed by atoms with Crippen molar-refractivity contribution in [3.63, 3.8) is 0 Å². The Hall–Kier alpha value is -0.640. The first kappa shape index (κ1) is 12.8. The maximum Gasteiger partial charge on any atom is 0.0558 e. The summed E-state index contributed by atoms with van der Waals surface area (Å²) in [4.78, 5) is 6.77. The van der Waals surface area contributed by atoms with E-state index in [2.05, 4.69) is 22.1 Å². The van der Waals surface area contributed by atoms with Crippen LogP contribution in [0.4, 0.5) is 0 Å². The summed E-state index contributed by atoms with van der Waals surface area (Å²) in [5.41, 5.74) is 1.05. The van der Waals surface area contributed by atoms with Gasteiger partial charge in [-0.2, -0.15) is 0 Å². The first-order valence-corrected chi connectivity index (χ1v) is 6.72. The van der Waals surface area contributed by atoms with Crippen LogP contribution < -0.4 is 5.32 Å². The highest BCUT2D eigenvalue weighted by atomic mass is 35.5. The minimum absolute atomic E-state index is 0.647. The molecule has 0 radical (unpaired) electrons. The third-order valence-corrected chi connectivity index (χ3v) is 3.49. The van der Waals surface area contributed by atoms with Crippen molar-refractivity contribution in [3.8, 4) is 0 Å². The summed E-state index contributed by atoms with van der Waals surface area (Å²) < 4.78 is 0. The van der Waals surface area contributed by atoms with Crippen molar-refractivity contribution in [2.45, 2.75) is 32.4 Å². The van der Waals surface area contributed by atoms with E-state index in [1.165, 1.54) is 12.8 Å². The largest absolute Gasteiger partial charge is 0.313 e. The molecule has 0 amide bonds. The Morgan fingerprint density at radius 1 is 1.59 bits per heavy atom. The second kappa shape index (κ2) is 6.34. The van der Waals surface area contributed by atoms with Gasteiger partial charge in [-0.25, -0.2) is 0 Å². The molecule has 0 aromatic carbocycles. The third kappa shape index (κ3) is 3.95. The Morgan fingerprint density at radius 3 is 3.12 bits per heavy atom. The van der Waals surface area contributed by atoms with Gasteiger partial charge in [-0.15, -0.1) is 0 Å². The van der Waals surface area contributed by atoms with Gasteiger partial charge in [0, 0.05) is 30.4 Å². The van der Waals surface area contributed by atoms with Crippen molar-refractivity contribution < 1.29 is 0 Å². The second-order valence-corrected chi connectivity index (χ2v) is 5.02. The van der Waals surface area contributed by atoms with Crippen molar-refractivity contribution >= 4 is 11.6 Å². The molecule has 2 rings (SSSR count). The zero-order valence-corrected chi connectivity index (χ0v) is 11.1. The summed E-state index contributed by atoms with van der Waals surface area (Å²) in [6.07, 6.45) is 4.37. The molecule has 0 spiro atoms.